The number of halogens is 2. The van der Waals surface area contributed by atoms with Crippen LogP contribution in [0.25, 0.3) is 0 Å². The van der Waals surface area contributed by atoms with Gasteiger partial charge >= 0.3 is 0 Å². The zero-order valence-corrected chi connectivity index (χ0v) is 12.5. The van der Waals surface area contributed by atoms with Crippen LogP contribution >= 0.6 is 38.5 Å². The van der Waals surface area contributed by atoms with Crippen molar-refractivity contribution in [1.82, 2.24) is 0 Å². The largest absolute Gasteiger partial charge is 0.399 e. The average Bonchev–Trinajstić information content (AvgIpc) is 2.32. The Morgan fingerprint density at radius 3 is 2.41 bits per heavy atom. The molecule has 2 nitrogen and oxygen atoms in total. The van der Waals surface area contributed by atoms with Crippen molar-refractivity contribution in [2.75, 3.05) is 5.73 Å². The zero-order chi connectivity index (χ0) is 12.4. The van der Waals surface area contributed by atoms with Gasteiger partial charge in [-0.3, -0.25) is 4.79 Å². The molecule has 0 heterocycles. The second kappa shape index (κ2) is 5.18. The molecule has 0 atom stereocenters. The predicted octanol–water partition coefficient (Wildman–Crippen LogP) is 3.87. The van der Waals surface area contributed by atoms with Crippen molar-refractivity contribution in [1.29, 1.82) is 0 Å². The Balaban J connectivity index is 2.43. The van der Waals surface area contributed by atoms with Crippen LogP contribution in [0.4, 0.5) is 5.69 Å². The maximum absolute atomic E-state index is 12.3. The summed E-state index contributed by atoms with van der Waals surface area (Å²) < 4.78 is 1.84. The summed E-state index contributed by atoms with van der Waals surface area (Å²) in [6.07, 6.45) is 0. The van der Waals surface area contributed by atoms with Crippen molar-refractivity contribution in [2.45, 2.75) is 0 Å². The summed E-state index contributed by atoms with van der Waals surface area (Å²) in [7, 11) is 0. The van der Waals surface area contributed by atoms with Gasteiger partial charge in [0.15, 0.2) is 5.78 Å². The van der Waals surface area contributed by atoms with E-state index in [4.69, 9.17) is 5.73 Å². The Kier molecular flexibility index (Phi) is 3.83. The van der Waals surface area contributed by atoms with E-state index in [2.05, 4.69) is 38.5 Å². The highest BCUT2D eigenvalue weighted by molar-refractivity contribution is 14.1. The van der Waals surface area contributed by atoms with Crippen molar-refractivity contribution >= 4 is 50.0 Å². The van der Waals surface area contributed by atoms with Crippen LogP contribution in [-0.4, -0.2) is 5.78 Å². The molecular weight excluding hydrogens is 393 g/mol. The van der Waals surface area contributed by atoms with Crippen LogP contribution < -0.4 is 5.73 Å². The molecular formula is C13H9BrINO. The molecule has 0 aliphatic heterocycles. The zero-order valence-electron chi connectivity index (χ0n) is 8.78. The molecule has 0 saturated heterocycles. The van der Waals surface area contributed by atoms with Gasteiger partial charge in [-0.1, -0.05) is 15.9 Å². The molecule has 0 fully saturated rings. The summed E-state index contributed by atoms with van der Waals surface area (Å²) in [5.41, 5.74) is 7.60. The highest BCUT2D eigenvalue weighted by atomic mass is 127. The summed E-state index contributed by atoms with van der Waals surface area (Å²) in [6, 6.07) is 12.6. The van der Waals surface area contributed by atoms with Gasteiger partial charge < -0.3 is 5.73 Å². The van der Waals surface area contributed by atoms with E-state index in [9.17, 15) is 4.79 Å². The number of ketones is 1. The summed E-state index contributed by atoms with van der Waals surface area (Å²) >= 11 is 5.53. The fourth-order valence-electron chi connectivity index (χ4n) is 1.46. The lowest BCUT2D eigenvalue weighted by molar-refractivity contribution is 0.103. The van der Waals surface area contributed by atoms with E-state index in [1.807, 2.05) is 18.2 Å². The molecule has 0 saturated carbocycles. The summed E-state index contributed by atoms with van der Waals surface area (Å²) in [5.74, 6) is 0.00991. The molecule has 0 aliphatic rings. The van der Waals surface area contributed by atoms with E-state index >= 15 is 0 Å². The minimum atomic E-state index is 0.00991. The molecule has 2 N–H and O–H groups in total. The number of benzene rings is 2. The molecule has 2 rings (SSSR count). The van der Waals surface area contributed by atoms with Crippen LogP contribution in [0, 0.1) is 3.57 Å². The number of hydrogen-bond donors (Lipinski definition) is 1. The maximum atomic E-state index is 12.3. The SMILES string of the molecule is Nc1ccc(C(=O)c2cc(Br)ccc2I)cc1. The Morgan fingerprint density at radius 2 is 1.76 bits per heavy atom. The van der Waals surface area contributed by atoms with Crippen LogP contribution in [0.15, 0.2) is 46.9 Å². The van der Waals surface area contributed by atoms with Gasteiger partial charge in [-0.05, 0) is 65.1 Å². The van der Waals surface area contributed by atoms with Gasteiger partial charge in [0.2, 0.25) is 0 Å². The van der Waals surface area contributed by atoms with Gasteiger partial charge in [-0.2, -0.15) is 0 Å². The van der Waals surface area contributed by atoms with Crippen molar-refractivity contribution in [3.05, 3.63) is 61.6 Å². The van der Waals surface area contributed by atoms with E-state index in [0.29, 0.717) is 16.8 Å². The lowest BCUT2D eigenvalue weighted by Crippen LogP contribution is -2.03. The third-order valence-corrected chi connectivity index (χ3v) is 3.78. The number of hydrogen-bond acceptors (Lipinski definition) is 2. The third kappa shape index (κ3) is 2.87. The predicted molar refractivity (Wildman–Crippen MR) is 81.1 cm³/mol. The van der Waals surface area contributed by atoms with Crippen LogP contribution in [0.2, 0.25) is 0 Å². The topological polar surface area (TPSA) is 43.1 Å². The molecule has 0 bridgehead atoms. The van der Waals surface area contributed by atoms with E-state index < -0.39 is 0 Å². The van der Waals surface area contributed by atoms with Crippen LogP contribution in [0.3, 0.4) is 0 Å². The molecule has 0 unspecified atom stereocenters. The molecule has 0 amide bonds. The monoisotopic (exact) mass is 401 g/mol. The fraction of sp³-hybridized carbons (Fsp3) is 0. The van der Waals surface area contributed by atoms with Crippen LogP contribution in [-0.2, 0) is 0 Å². The maximum Gasteiger partial charge on any atom is 0.194 e. The Labute approximate surface area is 121 Å². The van der Waals surface area contributed by atoms with E-state index in [1.54, 1.807) is 24.3 Å². The summed E-state index contributed by atoms with van der Waals surface area (Å²) in [5, 5.41) is 0. The molecule has 0 spiro atoms. The molecule has 2 aromatic carbocycles. The van der Waals surface area contributed by atoms with Gasteiger partial charge in [0.05, 0.1) is 0 Å². The number of carbonyl (C=O) groups is 1. The van der Waals surface area contributed by atoms with Gasteiger partial charge in [-0.15, -0.1) is 0 Å². The molecule has 0 radical (unpaired) electrons. The average molecular weight is 402 g/mol. The summed E-state index contributed by atoms with van der Waals surface area (Å²) in [6.45, 7) is 0. The first-order chi connectivity index (χ1) is 8.08. The molecule has 86 valence electrons. The summed E-state index contributed by atoms with van der Waals surface area (Å²) in [4.78, 5) is 12.3. The quantitative estimate of drug-likeness (QED) is 0.471. The molecule has 0 aliphatic carbocycles. The highest BCUT2D eigenvalue weighted by Crippen LogP contribution is 2.21. The van der Waals surface area contributed by atoms with Gasteiger partial charge in [-0.25, -0.2) is 0 Å². The standard InChI is InChI=1S/C13H9BrINO/c14-9-3-6-12(15)11(7-9)13(17)8-1-4-10(16)5-2-8/h1-7H,16H2. The number of nitrogen functional groups attached to an aromatic ring is 1. The van der Waals surface area contributed by atoms with E-state index in [0.717, 1.165) is 8.04 Å². The normalized spacial score (nSPS) is 10.2. The lowest BCUT2D eigenvalue weighted by atomic mass is 10.0. The number of rotatable bonds is 2. The minimum Gasteiger partial charge on any atom is -0.399 e. The first kappa shape index (κ1) is 12.6. The first-order valence-corrected chi connectivity index (χ1v) is 6.80. The molecule has 17 heavy (non-hydrogen) atoms. The third-order valence-electron chi connectivity index (χ3n) is 2.35. The van der Waals surface area contributed by atoms with Gasteiger partial charge in [0.25, 0.3) is 0 Å². The Bertz CT molecular complexity index is 566. The van der Waals surface area contributed by atoms with Gasteiger partial charge in [0, 0.05) is 24.9 Å². The van der Waals surface area contributed by atoms with Crippen LogP contribution in [0.5, 0.6) is 0 Å². The van der Waals surface area contributed by atoms with Crippen molar-refractivity contribution < 1.29 is 4.79 Å². The van der Waals surface area contributed by atoms with Gasteiger partial charge in [0.1, 0.15) is 0 Å². The smallest absolute Gasteiger partial charge is 0.194 e. The highest BCUT2D eigenvalue weighted by Gasteiger charge is 2.12. The van der Waals surface area contributed by atoms with Crippen LogP contribution in [0.1, 0.15) is 15.9 Å². The van der Waals surface area contributed by atoms with E-state index in [1.165, 1.54) is 0 Å². The van der Waals surface area contributed by atoms with E-state index in [-0.39, 0.29) is 5.78 Å². The molecule has 2 aromatic rings. The number of carbonyl (C=O) groups excluding carboxylic acids is 1. The van der Waals surface area contributed by atoms with Crippen molar-refractivity contribution in [2.24, 2.45) is 0 Å². The molecule has 4 heteroatoms. The minimum absolute atomic E-state index is 0.00991. The second-order valence-electron chi connectivity index (χ2n) is 3.58. The van der Waals surface area contributed by atoms with Crippen molar-refractivity contribution in [3.8, 4) is 0 Å². The fourth-order valence-corrected chi connectivity index (χ4v) is 2.40. The lowest BCUT2D eigenvalue weighted by Gasteiger charge is -2.05. The Morgan fingerprint density at radius 1 is 1.12 bits per heavy atom. The van der Waals surface area contributed by atoms with Crippen molar-refractivity contribution in [3.63, 3.8) is 0 Å². The number of anilines is 1. The first-order valence-electron chi connectivity index (χ1n) is 4.93. The number of nitrogens with two attached hydrogens (primary N) is 1. The second-order valence-corrected chi connectivity index (χ2v) is 5.65. The molecule has 0 aromatic heterocycles. The Hall–Kier alpha value is -0.880.